The zero-order chi connectivity index (χ0) is 24.0. The first-order valence-electron chi connectivity index (χ1n) is 10.9. The Kier molecular flexibility index (Phi) is 7.77. The predicted octanol–water partition coefficient (Wildman–Crippen LogP) is 4.90. The Labute approximate surface area is 194 Å². The lowest BCUT2D eigenvalue weighted by Gasteiger charge is -2.27. The van der Waals surface area contributed by atoms with Crippen molar-refractivity contribution in [1.82, 2.24) is 4.90 Å². The molecule has 1 aromatic heterocycles. The SMILES string of the molecule is COc1ccc(C(=O)Nc2ccc(N(C)C)c(CN(CC(C)C)C(=O)c3ccco3)c2)cc1. The standard InChI is InChI=1S/C26H31N3O4/c1-18(2)16-29(26(31)24-7-6-14-33-24)17-20-15-21(10-13-23(20)28(3)4)27-25(30)19-8-11-22(32-5)12-9-19/h6-15,18H,16-17H2,1-5H3,(H,27,30). The molecule has 0 radical (unpaired) electrons. The van der Waals surface area contributed by atoms with E-state index in [1.165, 1.54) is 6.26 Å². The number of amides is 2. The molecule has 3 rings (SSSR count). The highest BCUT2D eigenvalue weighted by Gasteiger charge is 2.21. The van der Waals surface area contributed by atoms with Crippen molar-refractivity contribution in [3.8, 4) is 5.75 Å². The molecule has 2 aromatic carbocycles. The molecule has 0 saturated heterocycles. The average Bonchev–Trinajstić information content (AvgIpc) is 3.33. The normalized spacial score (nSPS) is 10.7. The van der Waals surface area contributed by atoms with Crippen LogP contribution in [0, 0.1) is 5.92 Å². The van der Waals surface area contributed by atoms with Crippen LogP contribution in [0.5, 0.6) is 5.75 Å². The zero-order valence-electron chi connectivity index (χ0n) is 19.8. The molecule has 0 aliphatic rings. The van der Waals surface area contributed by atoms with Gasteiger partial charge in [-0.25, -0.2) is 0 Å². The summed E-state index contributed by atoms with van der Waals surface area (Å²) in [6.45, 7) is 5.11. The third kappa shape index (κ3) is 6.16. The number of hydrogen-bond acceptors (Lipinski definition) is 5. The first-order valence-corrected chi connectivity index (χ1v) is 10.9. The summed E-state index contributed by atoms with van der Waals surface area (Å²) in [4.78, 5) is 29.6. The van der Waals surface area contributed by atoms with E-state index < -0.39 is 0 Å². The van der Waals surface area contributed by atoms with Gasteiger partial charge in [0.15, 0.2) is 5.76 Å². The van der Waals surface area contributed by atoms with E-state index >= 15 is 0 Å². The van der Waals surface area contributed by atoms with Crippen molar-refractivity contribution in [3.05, 3.63) is 77.7 Å². The Bertz CT molecular complexity index is 1070. The van der Waals surface area contributed by atoms with Gasteiger partial charge in [-0.05, 0) is 66.1 Å². The van der Waals surface area contributed by atoms with E-state index in [1.54, 1.807) is 48.4 Å². The third-order valence-corrected chi connectivity index (χ3v) is 5.14. The minimum atomic E-state index is -0.216. The quantitative estimate of drug-likeness (QED) is 0.503. The van der Waals surface area contributed by atoms with Gasteiger partial charge in [0, 0.05) is 44.1 Å². The smallest absolute Gasteiger partial charge is 0.289 e. The Balaban J connectivity index is 1.86. The summed E-state index contributed by atoms with van der Waals surface area (Å²) in [6.07, 6.45) is 1.50. The highest BCUT2D eigenvalue weighted by atomic mass is 16.5. The largest absolute Gasteiger partial charge is 0.497 e. The van der Waals surface area contributed by atoms with Crippen molar-refractivity contribution in [1.29, 1.82) is 0 Å². The van der Waals surface area contributed by atoms with Crippen LogP contribution in [-0.4, -0.2) is 44.5 Å². The summed E-state index contributed by atoms with van der Waals surface area (Å²) in [7, 11) is 5.49. The number of furan rings is 1. The molecule has 0 aliphatic heterocycles. The lowest BCUT2D eigenvalue weighted by atomic mass is 10.1. The zero-order valence-corrected chi connectivity index (χ0v) is 19.8. The molecular weight excluding hydrogens is 418 g/mol. The molecule has 174 valence electrons. The van der Waals surface area contributed by atoms with Crippen LogP contribution in [0.2, 0.25) is 0 Å². The van der Waals surface area contributed by atoms with Crippen LogP contribution >= 0.6 is 0 Å². The van der Waals surface area contributed by atoms with Gasteiger partial charge in [-0.2, -0.15) is 0 Å². The molecular formula is C26H31N3O4. The van der Waals surface area contributed by atoms with Gasteiger partial charge in [0.1, 0.15) is 5.75 Å². The lowest BCUT2D eigenvalue weighted by Crippen LogP contribution is -2.34. The molecule has 1 heterocycles. The van der Waals surface area contributed by atoms with Crippen molar-refractivity contribution >= 4 is 23.2 Å². The van der Waals surface area contributed by atoms with Gasteiger partial charge in [0.25, 0.3) is 11.8 Å². The number of carbonyl (C=O) groups excluding carboxylic acids is 2. The Morgan fingerprint density at radius 2 is 1.79 bits per heavy atom. The summed E-state index contributed by atoms with van der Waals surface area (Å²) in [5, 5.41) is 2.95. The second kappa shape index (κ2) is 10.7. The fourth-order valence-electron chi connectivity index (χ4n) is 3.59. The van der Waals surface area contributed by atoms with Crippen molar-refractivity contribution in [2.75, 3.05) is 38.0 Å². The summed E-state index contributed by atoms with van der Waals surface area (Å²) in [5.41, 5.74) is 3.08. The fourth-order valence-corrected chi connectivity index (χ4v) is 3.59. The molecule has 33 heavy (non-hydrogen) atoms. The molecule has 3 aromatic rings. The first kappa shape index (κ1) is 23.9. The summed E-state index contributed by atoms with van der Waals surface area (Å²) >= 11 is 0. The molecule has 0 bridgehead atoms. The molecule has 2 amide bonds. The predicted molar refractivity (Wildman–Crippen MR) is 130 cm³/mol. The minimum Gasteiger partial charge on any atom is -0.497 e. The van der Waals surface area contributed by atoms with Crippen LogP contribution in [-0.2, 0) is 6.54 Å². The van der Waals surface area contributed by atoms with E-state index in [4.69, 9.17) is 9.15 Å². The third-order valence-electron chi connectivity index (χ3n) is 5.14. The van der Waals surface area contributed by atoms with E-state index in [-0.39, 0.29) is 17.7 Å². The molecule has 7 heteroatoms. The fraction of sp³-hybridized carbons (Fsp3) is 0.308. The number of methoxy groups -OCH3 is 1. The maximum Gasteiger partial charge on any atom is 0.289 e. The number of benzene rings is 2. The van der Waals surface area contributed by atoms with Gasteiger partial charge in [-0.15, -0.1) is 0 Å². The van der Waals surface area contributed by atoms with E-state index in [2.05, 4.69) is 19.2 Å². The molecule has 0 saturated carbocycles. The summed E-state index contributed by atoms with van der Waals surface area (Å²) in [6, 6.07) is 16.0. The lowest BCUT2D eigenvalue weighted by molar-refractivity contribution is 0.0690. The molecule has 0 aliphatic carbocycles. The van der Waals surface area contributed by atoms with Gasteiger partial charge < -0.3 is 24.3 Å². The molecule has 7 nitrogen and oxygen atoms in total. The summed E-state index contributed by atoms with van der Waals surface area (Å²) in [5.74, 6) is 0.907. The maximum absolute atomic E-state index is 13.1. The van der Waals surface area contributed by atoms with Gasteiger partial charge in [0.2, 0.25) is 0 Å². The van der Waals surface area contributed by atoms with Crippen molar-refractivity contribution < 1.29 is 18.7 Å². The Morgan fingerprint density at radius 3 is 2.36 bits per heavy atom. The highest BCUT2D eigenvalue weighted by Crippen LogP contribution is 2.26. The highest BCUT2D eigenvalue weighted by molar-refractivity contribution is 6.04. The second-order valence-electron chi connectivity index (χ2n) is 8.48. The van der Waals surface area contributed by atoms with E-state index in [9.17, 15) is 9.59 Å². The van der Waals surface area contributed by atoms with Crippen LogP contribution in [0.1, 0.15) is 40.3 Å². The van der Waals surface area contributed by atoms with Crippen LogP contribution < -0.4 is 15.0 Å². The monoisotopic (exact) mass is 449 g/mol. The first-order chi connectivity index (χ1) is 15.8. The van der Waals surface area contributed by atoms with Gasteiger partial charge >= 0.3 is 0 Å². The number of carbonyl (C=O) groups is 2. The Morgan fingerprint density at radius 1 is 1.06 bits per heavy atom. The molecule has 0 fully saturated rings. The molecule has 0 unspecified atom stereocenters. The average molecular weight is 450 g/mol. The van der Waals surface area contributed by atoms with Crippen molar-refractivity contribution in [3.63, 3.8) is 0 Å². The van der Waals surface area contributed by atoms with E-state index in [0.29, 0.717) is 35.9 Å². The molecule has 0 atom stereocenters. The van der Waals surface area contributed by atoms with Crippen molar-refractivity contribution in [2.45, 2.75) is 20.4 Å². The van der Waals surface area contributed by atoms with Gasteiger partial charge in [0.05, 0.1) is 13.4 Å². The van der Waals surface area contributed by atoms with Gasteiger partial charge in [-0.3, -0.25) is 9.59 Å². The second-order valence-corrected chi connectivity index (χ2v) is 8.48. The van der Waals surface area contributed by atoms with Crippen LogP contribution in [0.3, 0.4) is 0 Å². The van der Waals surface area contributed by atoms with Crippen LogP contribution in [0.25, 0.3) is 0 Å². The van der Waals surface area contributed by atoms with Crippen LogP contribution in [0.4, 0.5) is 11.4 Å². The number of nitrogens with zero attached hydrogens (tertiary/aromatic N) is 2. The molecule has 1 N–H and O–H groups in total. The minimum absolute atomic E-state index is 0.161. The number of rotatable bonds is 9. The number of hydrogen-bond donors (Lipinski definition) is 1. The number of anilines is 2. The maximum atomic E-state index is 13.1. The summed E-state index contributed by atoms with van der Waals surface area (Å²) < 4.78 is 10.5. The number of ether oxygens (including phenoxy) is 1. The van der Waals surface area contributed by atoms with Crippen molar-refractivity contribution in [2.24, 2.45) is 5.92 Å². The molecule has 0 spiro atoms. The number of nitrogens with one attached hydrogen (secondary N) is 1. The van der Waals surface area contributed by atoms with Gasteiger partial charge in [-0.1, -0.05) is 13.8 Å². The topological polar surface area (TPSA) is 75.0 Å². The van der Waals surface area contributed by atoms with E-state index in [1.807, 2.05) is 37.2 Å². The van der Waals surface area contributed by atoms with Crippen LogP contribution in [0.15, 0.2) is 65.3 Å². The van der Waals surface area contributed by atoms with E-state index in [0.717, 1.165) is 11.3 Å². The Hall–Kier alpha value is -3.74.